The van der Waals surface area contributed by atoms with E-state index in [1.807, 2.05) is 67.6 Å². The van der Waals surface area contributed by atoms with Gasteiger partial charge in [-0.2, -0.15) is 0 Å². The molecule has 9 heteroatoms. The number of benzene rings is 2. The summed E-state index contributed by atoms with van der Waals surface area (Å²) in [4.78, 5) is 19.2. The first kappa shape index (κ1) is 24.1. The van der Waals surface area contributed by atoms with Gasteiger partial charge >= 0.3 is 6.03 Å². The second kappa shape index (κ2) is 10.9. The van der Waals surface area contributed by atoms with E-state index in [-0.39, 0.29) is 17.8 Å². The van der Waals surface area contributed by atoms with E-state index in [9.17, 15) is 13.2 Å². The van der Waals surface area contributed by atoms with Crippen LogP contribution in [0.25, 0.3) is 10.9 Å². The number of likely N-dealkylation sites (tertiary alicyclic amines) is 1. The Balaban J connectivity index is 1.19. The third-order valence-electron chi connectivity index (χ3n) is 5.94. The Morgan fingerprint density at radius 3 is 2.53 bits per heavy atom. The van der Waals surface area contributed by atoms with E-state index in [0.717, 1.165) is 53.8 Å². The van der Waals surface area contributed by atoms with Gasteiger partial charge < -0.3 is 15.5 Å². The lowest BCUT2D eigenvalue weighted by atomic mass is 10.1. The van der Waals surface area contributed by atoms with Crippen LogP contribution in [0.2, 0.25) is 0 Å². The van der Waals surface area contributed by atoms with Crippen LogP contribution in [0.1, 0.15) is 24.1 Å². The molecular formula is C25H31N5O3S. The fourth-order valence-corrected chi connectivity index (χ4v) is 5.73. The molecule has 3 N–H and O–H groups in total. The third-order valence-corrected chi connectivity index (χ3v) is 7.35. The van der Waals surface area contributed by atoms with Crippen molar-refractivity contribution in [2.45, 2.75) is 31.6 Å². The number of amides is 2. The first-order valence-corrected chi connectivity index (χ1v) is 13.2. The fraction of sp³-hybridized carbons (Fsp3) is 0.360. The van der Waals surface area contributed by atoms with Gasteiger partial charge in [0.2, 0.25) is 10.0 Å². The molecule has 2 aromatic carbocycles. The number of nitrogens with zero attached hydrogens (tertiary/aromatic N) is 2. The second-order valence-corrected chi connectivity index (χ2v) is 10.4. The van der Waals surface area contributed by atoms with Gasteiger partial charge in [0.25, 0.3) is 0 Å². The van der Waals surface area contributed by atoms with Crippen LogP contribution in [-0.2, 0) is 15.8 Å². The maximum atomic E-state index is 12.5. The number of para-hydroxylation sites is 1. The van der Waals surface area contributed by atoms with Crippen LogP contribution in [0.3, 0.4) is 0 Å². The van der Waals surface area contributed by atoms with Gasteiger partial charge in [0, 0.05) is 30.2 Å². The lowest BCUT2D eigenvalue weighted by molar-refractivity contribution is 0.206. The first-order valence-electron chi connectivity index (χ1n) is 11.6. The smallest absolute Gasteiger partial charge is 0.319 e. The molecule has 0 saturated carbocycles. The minimum atomic E-state index is -3.37. The molecular weight excluding hydrogens is 450 g/mol. The third kappa shape index (κ3) is 6.75. The Kier molecular flexibility index (Phi) is 7.77. The summed E-state index contributed by atoms with van der Waals surface area (Å²) in [5.74, 6) is -0.000622. The van der Waals surface area contributed by atoms with Gasteiger partial charge in [-0.1, -0.05) is 48.5 Å². The highest BCUT2D eigenvalue weighted by atomic mass is 32.2. The van der Waals surface area contributed by atoms with Crippen LogP contribution in [0.4, 0.5) is 10.5 Å². The summed E-state index contributed by atoms with van der Waals surface area (Å²) >= 11 is 0. The number of nitrogens with one attached hydrogen (secondary N) is 3. The highest BCUT2D eigenvalue weighted by Crippen LogP contribution is 2.22. The molecule has 1 fully saturated rings. The summed E-state index contributed by atoms with van der Waals surface area (Å²) in [6.07, 6.45) is 1.50. The highest BCUT2D eigenvalue weighted by molar-refractivity contribution is 7.88. The molecule has 0 radical (unpaired) electrons. The van der Waals surface area contributed by atoms with Crippen molar-refractivity contribution in [2.24, 2.45) is 0 Å². The van der Waals surface area contributed by atoms with Crippen molar-refractivity contribution in [2.75, 3.05) is 31.5 Å². The number of anilines is 1. The van der Waals surface area contributed by atoms with Crippen LogP contribution >= 0.6 is 0 Å². The minimum absolute atomic E-state index is 0.000622. The zero-order chi connectivity index (χ0) is 24.0. The number of fused-ring (bicyclic) bond motifs is 1. The number of aryl methyl sites for hydroxylation is 1. The summed E-state index contributed by atoms with van der Waals surface area (Å²) < 4.78 is 27.8. The van der Waals surface area contributed by atoms with Crippen LogP contribution in [-0.4, -0.2) is 56.6 Å². The van der Waals surface area contributed by atoms with Gasteiger partial charge in [-0.15, -0.1) is 0 Å². The Bertz CT molecular complexity index is 1230. The van der Waals surface area contributed by atoms with Crippen LogP contribution < -0.4 is 15.4 Å². The molecule has 0 aliphatic carbocycles. The number of carbonyl (C=O) groups is 1. The Morgan fingerprint density at radius 2 is 1.76 bits per heavy atom. The van der Waals surface area contributed by atoms with Gasteiger partial charge in [-0.05, 0) is 50.6 Å². The molecule has 1 aromatic heterocycles. The summed E-state index contributed by atoms with van der Waals surface area (Å²) in [6.45, 7) is 4.71. The van der Waals surface area contributed by atoms with E-state index >= 15 is 0 Å². The van der Waals surface area contributed by atoms with Crippen molar-refractivity contribution in [3.8, 4) is 0 Å². The fourth-order valence-electron chi connectivity index (χ4n) is 4.27. The van der Waals surface area contributed by atoms with Crippen LogP contribution in [0, 0.1) is 6.92 Å². The van der Waals surface area contributed by atoms with Crippen molar-refractivity contribution in [3.63, 3.8) is 0 Å². The van der Waals surface area contributed by atoms with Crippen molar-refractivity contribution in [3.05, 3.63) is 71.9 Å². The van der Waals surface area contributed by atoms with E-state index in [2.05, 4.69) is 25.2 Å². The SMILES string of the molecule is Cc1cc(NC(=O)NCCN2CCC(NS(=O)(=O)Cc3ccccc3)CC2)c2ccccc2n1. The molecule has 1 saturated heterocycles. The van der Waals surface area contributed by atoms with Crippen molar-refractivity contribution >= 4 is 32.6 Å². The molecule has 1 aliphatic heterocycles. The van der Waals surface area contributed by atoms with Gasteiger partial charge in [-0.25, -0.2) is 17.9 Å². The molecule has 180 valence electrons. The summed E-state index contributed by atoms with van der Waals surface area (Å²) in [5, 5.41) is 6.75. The van der Waals surface area contributed by atoms with Gasteiger partial charge in [0.1, 0.15) is 0 Å². The second-order valence-electron chi connectivity index (χ2n) is 8.69. The van der Waals surface area contributed by atoms with E-state index in [1.54, 1.807) is 0 Å². The molecule has 34 heavy (non-hydrogen) atoms. The zero-order valence-corrected chi connectivity index (χ0v) is 20.1. The van der Waals surface area contributed by atoms with Crippen molar-refractivity contribution in [1.82, 2.24) is 19.9 Å². The molecule has 2 amide bonds. The number of hydrogen-bond donors (Lipinski definition) is 3. The molecule has 0 unspecified atom stereocenters. The Hall–Kier alpha value is -3.01. The maximum Gasteiger partial charge on any atom is 0.319 e. The lowest BCUT2D eigenvalue weighted by Gasteiger charge is -2.32. The van der Waals surface area contributed by atoms with E-state index in [1.165, 1.54) is 0 Å². The Labute approximate surface area is 200 Å². The Morgan fingerprint density at radius 1 is 1.06 bits per heavy atom. The summed E-state index contributed by atoms with van der Waals surface area (Å²) in [7, 11) is -3.37. The number of rotatable bonds is 8. The average Bonchev–Trinajstić information content (AvgIpc) is 2.80. The van der Waals surface area contributed by atoms with Crippen molar-refractivity contribution < 1.29 is 13.2 Å². The molecule has 0 atom stereocenters. The zero-order valence-electron chi connectivity index (χ0n) is 19.3. The molecule has 1 aliphatic rings. The normalized spacial score (nSPS) is 15.3. The van der Waals surface area contributed by atoms with E-state index < -0.39 is 10.0 Å². The van der Waals surface area contributed by atoms with Crippen LogP contribution in [0.5, 0.6) is 0 Å². The quantitative estimate of drug-likeness (QED) is 0.458. The summed E-state index contributed by atoms with van der Waals surface area (Å²) in [6, 6.07) is 18.5. The molecule has 4 rings (SSSR count). The number of pyridine rings is 1. The number of carbonyl (C=O) groups excluding carboxylic acids is 1. The number of piperidine rings is 1. The molecule has 0 bridgehead atoms. The monoisotopic (exact) mass is 481 g/mol. The minimum Gasteiger partial charge on any atom is -0.337 e. The number of urea groups is 1. The molecule has 0 spiro atoms. The van der Waals surface area contributed by atoms with Crippen molar-refractivity contribution in [1.29, 1.82) is 0 Å². The molecule has 8 nitrogen and oxygen atoms in total. The standard InChI is InChI=1S/C25H31N5O3S/c1-19-17-24(22-9-5-6-10-23(22)27-19)28-25(31)26-13-16-30-14-11-21(12-15-30)29-34(32,33)18-20-7-3-2-4-8-20/h2-10,17,21,29H,11-16,18H2,1H3,(H2,26,27,28,31). The summed E-state index contributed by atoms with van der Waals surface area (Å²) in [5.41, 5.74) is 3.22. The molecule has 2 heterocycles. The van der Waals surface area contributed by atoms with Gasteiger partial charge in [0.05, 0.1) is 17.0 Å². The van der Waals surface area contributed by atoms with E-state index in [0.29, 0.717) is 13.1 Å². The predicted octanol–water partition coefficient (Wildman–Crippen LogP) is 3.25. The average molecular weight is 482 g/mol. The number of aromatic nitrogens is 1. The van der Waals surface area contributed by atoms with Gasteiger partial charge in [0.15, 0.2) is 0 Å². The lowest BCUT2D eigenvalue weighted by Crippen LogP contribution is -2.46. The topological polar surface area (TPSA) is 103 Å². The highest BCUT2D eigenvalue weighted by Gasteiger charge is 2.23. The predicted molar refractivity (Wildman–Crippen MR) is 135 cm³/mol. The maximum absolute atomic E-state index is 12.5. The number of sulfonamides is 1. The number of hydrogen-bond acceptors (Lipinski definition) is 5. The largest absolute Gasteiger partial charge is 0.337 e. The van der Waals surface area contributed by atoms with E-state index in [4.69, 9.17) is 0 Å². The van der Waals surface area contributed by atoms with Gasteiger partial charge in [-0.3, -0.25) is 4.98 Å². The van der Waals surface area contributed by atoms with Crippen LogP contribution in [0.15, 0.2) is 60.7 Å². The molecule has 3 aromatic rings. The first-order chi connectivity index (χ1) is 16.4.